The van der Waals surface area contributed by atoms with Crippen LogP contribution in [-0.2, 0) is 6.42 Å². The summed E-state index contributed by atoms with van der Waals surface area (Å²) in [6.07, 6.45) is 2.87. The topological polar surface area (TPSA) is 50.4 Å². The Labute approximate surface area is 128 Å². The van der Waals surface area contributed by atoms with E-state index in [1.165, 1.54) is 0 Å². The summed E-state index contributed by atoms with van der Waals surface area (Å²) in [6.45, 7) is 7.95. The zero-order valence-corrected chi connectivity index (χ0v) is 13.7. The molecule has 0 atom stereocenters. The lowest BCUT2D eigenvalue weighted by Gasteiger charge is -2.17. The molecule has 0 aliphatic rings. The molecule has 2 amide bonds. The molecule has 0 fully saturated rings. The second-order valence-corrected chi connectivity index (χ2v) is 6.41. The smallest absolute Gasteiger partial charge is 0.314 e. The normalized spacial score (nSPS) is 11.0. The maximum absolute atomic E-state index is 11.7. The lowest BCUT2D eigenvalue weighted by molar-refractivity contribution is 0.240. The summed E-state index contributed by atoms with van der Waals surface area (Å²) >= 11 is 0. The Morgan fingerprint density at radius 1 is 1.14 bits per heavy atom. The fourth-order valence-electron chi connectivity index (χ4n) is 2.10. The first-order valence-corrected chi connectivity index (χ1v) is 7.56. The Morgan fingerprint density at radius 2 is 1.81 bits per heavy atom. The maximum atomic E-state index is 11.7. The lowest BCUT2D eigenvalue weighted by atomic mass is 9.91. The number of hydrogen-bond donors (Lipinski definition) is 2. The Kier molecular flexibility index (Phi) is 7.06. The van der Waals surface area contributed by atoms with Gasteiger partial charge in [-0.25, -0.2) is 4.79 Å². The van der Waals surface area contributed by atoms with Crippen LogP contribution in [0.1, 0.15) is 39.2 Å². The number of carbonyl (C=O) groups is 1. The van der Waals surface area contributed by atoms with Gasteiger partial charge in [-0.2, -0.15) is 0 Å². The molecule has 0 aliphatic carbocycles. The monoisotopic (exact) mass is 292 g/mol. The highest BCUT2D eigenvalue weighted by Gasteiger charge is 2.09. The van der Waals surface area contributed by atoms with Gasteiger partial charge in [0.2, 0.25) is 0 Å². The highest BCUT2D eigenvalue weighted by molar-refractivity contribution is 5.73. The molecule has 118 valence electrons. The van der Waals surface area contributed by atoms with Gasteiger partial charge in [0.05, 0.1) is 7.11 Å². The van der Waals surface area contributed by atoms with Crippen molar-refractivity contribution in [2.24, 2.45) is 5.41 Å². The predicted octanol–water partition coefficient (Wildman–Crippen LogP) is 3.36. The van der Waals surface area contributed by atoms with E-state index in [1.54, 1.807) is 7.11 Å². The van der Waals surface area contributed by atoms with Gasteiger partial charge in [0.25, 0.3) is 0 Å². The zero-order chi connectivity index (χ0) is 15.7. The van der Waals surface area contributed by atoms with Gasteiger partial charge in [-0.05, 0) is 36.3 Å². The molecule has 1 rings (SSSR count). The van der Waals surface area contributed by atoms with Crippen LogP contribution in [0.15, 0.2) is 24.3 Å². The molecule has 0 bridgehead atoms. The molecule has 0 aromatic heterocycles. The van der Waals surface area contributed by atoms with Crippen molar-refractivity contribution >= 4 is 6.03 Å². The van der Waals surface area contributed by atoms with Gasteiger partial charge in [-0.1, -0.05) is 39.0 Å². The molecule has 0 aliphatic heterocycles. The van der Waals surface area contributed by atoms with Gasteiger partial charge in [0.1, 0.15) is 5.75 Å². The van der Waals surface area contributed by atoms with Crippen molar-refractivity contribution in [2.75, 3.05) is 20.2 Å². The molecule has 1 aromatic carbocycles. The third-order valence-corrected chi connectivity index (χ3v) is 3.26. The van der Waals surface area contributed by atoms with Crippen LogP contribution < -0.4 is 15.4 Å². The number of para-hydroxylation sites is 1. The van der Waals surface area contributed by atoms with E-state index in [-0.39, 0.29) is 6.03 Å². The molecule has 0 radical (unpaired) electrons. The van der Waals surface area contributed by atoms with E-state index in [4.69, 9.17) is 4.74 Å². The average Bonchev–Trinajstić information content (AvgIpc) is 2.43. The quantitative estimate of drug-likeness (QED) is 0.757. The minimum absolute atomic E-state index is 0.0983. The minimum atomic E-state index is -0.0983. The van der Waals surface area contributed by atoms with Crippen LogP contribution in [0.3, 0.4) is 0 Å². The zero-order valence-electron chi connectivity index (χ0n) is 13.7. The van der Waals surface area contributed by atoms with Crippen molar-refractivity contribution in [1.29, 1.82) is 0 Å². The van der Waals surface area contributed by atoms with Crippen molar-refractivity contribution in [2.45, 2.75) is 40.0 Å². The molecular weight excluding hydrogens is 264 g/mol. The number of nitrogens with one attached hydrogen (secondary N) is 2. The molecule has 0 heterocycles. The number of carbonyl (C=O) groups excluding carboxylic acids is 1. The van der Waals surface area contributed by atoms with E-state index in [0.29, 0.717) is 12.0 Å². The third kappa shape index (κ3) is 7.59. The first kappa shape index (κ1) is 17.3. The van der Waals surface area contributed by atoms with Crippen LogP contribution in [-0.4, -0.2) is 26.2 Å². The Hall–Kier alpha value is -1.71. The summed E-state index contributed by atoms with van der Waals surface area (Å²) in [6, 6.07) is 7.77. The standard InChI is InChI=1S/C17H28N2O2/c1-17(2,3)11-7-12-18-16(20)19-13-10-14-8-5-6-9-15(14)21-4/h5-6,8-9H,7,10-13H2,1-4H3,(H2,18,19,20). The molecule has 2 N–H and O–H groups in total. The highest BCUT2D eigenvalue weighted by Crippen LogP contribution is 2.19. The summed E-state index contributed by atoms with van der Waals surface area (Å²) in [4.78, 5) is 11.7. The van der Waals surface area contributed by atoms with Crippen molar-refractivity contribution in [3.63, 3.8) is 0 Å². The van der Waals surface area contributed by atoms with Crippen molar-refractivity contribution < 1.29 is 9.53 Å². The van der Waals surface area contributed by atoms with Crippen LogP contribution >= 0.6 is 0 Å². The fraction of sp³-hybridized carbons (Fsp3) is 0.588. The number of rotatable bonds is 7. The third-order valence-electron chi connectivity index (χ3n) is 3.26. The summed E-state index contributed by atoms with van der Waals surface area (Å²) in [5.74, 6) is 0.866. The van der Waals surface area contributed by atoms with Gasteiger partial charge < -0.3 is 15.4 Å². The molecule has 0 spiro atoms. The number of methoxy groups -OCH3 is 1. The second-order valence-electron chi connectivity index (χ2n) is 6.41. The number of ether oxygens (including phenoxy) is 1. The van der Waals surface area contributed by atoms with E-state index >= 15 is 0 Å². The predicted molar refractivity (Wildman–Crippen MR) is 86.8 cm³/mol. The molecule has 4 nitrogen and oxygen atoms in total. The first-order chi connectivity index (χ1) is 9.92. The summed E-state index contributed by atoms with van der Waals surface area (Å²) in [5, 5.41) is 5.76. The molecule has 0 saturated carbocycles. The van der Waals surface area contributed by atoms with Crippen molar-refractivity contribution in [3.8, 4) is 5.75 Å². The molecule has 0 unspecified atom stereocenters. The van der Waals surface area contributed by atoms with Gasteiger partial charge >= 0.3 is 6.03 Å². The van der Waals surface area contributed by atoms with Gasteiger partial charge in [0.15, 0.2) is 0 Å². The number of urea groups is 1. The van der Waals surface area contributed by atoms with E-state index in [0.717, 1.165) is 37.1 Å². The number of hydrogen-bond acceptors (Lipinski definition) is 2. The molecule has 4 heteroatoms. The average molecular weight is 292 g/mol. The van der Waals surface area contributed by atoms with Gasteiger partial charge in [0, 0.05) is 13.1 Å². The Morgan fingerprint density at radius 3 is 2.48 bits per heavy atom. The molecule has 0 saturated heterocycles. The maximum Gasteiger partial charge on any atom is 0.314 e. The van der Waals surface area contributed by atoms with Crippen LogP contribution in [0, 0.1) is 5.41 Å². The molecule has 21 heavy (non-hydrogen) atoms. The second kappa shape index (κ2) is 8.55. The fourth-order valence-corrected chi connectivity index (χ4v) is 2.10. The van der Waals surface area contributed by atoms with Crippen molar-refractivity contribution in [3.05, 3.63) is 29.8 Å². The summed E-state index contributed by atoms with van der Waals surface area (Å²) in [5.41, 5.74) is 1.43. The van der Waals surface area contributed by atoms with Crippen LogP contribution in [0.4, 0.5) is 4.79 Å². The van der Waals surface area contributed by atoms with E-state index in [1.807, 2.05) is 24.3 Å². The van der Waals surface area contributed by atoms with Crippen LogP contribution in [0.2, 0.25) is 0 Å². The Balaban J connectivity index is 2.19. The largest absolute Gasteiger partial charge is 0.496 e. The number of benzene rings is 1. The molecular formula is C17H28N2O2. The Bertz CT molecular complexity index is 439. The van der Waals surface area contributed by atoms with Crippen LogP contribution in [0.25, 0.3) is 0 Å². The summed E-state index contributed by atoms with van der Waals surface area (Å²) in [7, 11) is 1.66. The van der Waals surface area contributed by atoms with Crippen molar-refractivity contribution in [1.82, 2.24) is 10.6 Å². The highest BCUT2D eigenvalue weighted by atomic mass is 16.5. The first-order valence-electron chi connectivity index (χ1n) is 7.56. The molecule has 1 aromatic rings. The number of amides is 2. The van der Waals surface area contributed by atoms with Crippen LogP contribution in [0.5, 0.6) is 5.75 Å². The van der Waals surface area contributed by atoms with Gasteiger partial charge in [-0.3, -0.25) is 0 Å². The minimum Gasteiger partial charge on any atom is -0.496 e. The lowest BCUT2D eigenvalue weighted by Crippen LogP contribution is -2.37. The van der Waals surface area contributed by atoms with E-state index in [2.05, 4.69) is 31.4 Å². The van der Waals surface area contributed by atoms with E-state index < -0.39 is 0 Å². The SMILES string of the molecule is COc1ccccc1CCNC(=O)NCCCC(C)(C)C. The van der Waals surface area contributed by atoms with E-state index in [9.17, 15) is 4.79 Å². The summed E-state index contributed by atoms with van der Waals surface area (Å²) < 4.78 is 5.29. The van der Waals surface area contributed by atoms with Gasteiger partial charge in [-0.15, -0.1) is 0 Å².